The van der Waals surface area contributed by atoms with Gasteiger partial charge in [-0.25, -0.2) is 4.79 Å². The van der Waals surface area contributed by atoms with Gasteiger partial charge in [-0.15, -0.1) is 0 Å². The summed E-state index contributed by atoms with van der Waals surface area (Å²) in [5, 5.41) is 3.04. The van der Waals surface area contributed by atoms with E-state index in [1.165, 1.54) is 0 Å². The van der Waals surface area contributed by atoms with E-state index in [4.69, 9.17) is 14.0 Å². The molecule has 1 aliphatic heterocycles. The Morgan fingerprint density at radius 2 is 1.54 bits per heavy atom. The van der Waals surface area contributed by atoms with E-state index in [-0.39, 0.29) is 47.3 Å². The topological polar surface area (TPSA) is 77.1 Å². The summed E-state index contributed by atoms with van der Waals surface area (Å²) in [4.78, 5) is 27.7. The second kappa shape index (κ2) is 11.5. The average molecular weight is 523 g/mol. The van der Waals surface area contributed by atoms with Crippen LogP contribution in [0.3, 0.4) is 0 Å². The van der Waals surface area contributed by atoms with E-state index in [0.29, 0.717) is 12.3 Å². The molecule has 1 aliphatic carbocycles. The number of rotatable bonds is 10. The van der Waals surface area contributed by atoms with E-state index in [9.17, 15) is 9.59 Å². The highest BCUT2D eigenvalue weighted by molar-refractivity contribution is 6.45. The first-order valence-corrected chi connectivity index (χ1v) is 14.4. The minimum atomic E-state index is -0.521. The maximum atomic E-state index is 13.3. The predicted octanol–water partition coefficient (Wildman–Crippen LogP) is 6.60. The van der Waals surface area contributed by atoms with E-state index in [0.717, 1.165) is 44.8 Å². The molecular formula is C29H55BN2O5. The Morgan fingerprint density at radius 3 is 2.00 bits per heavy atom. The summed E-state index contributed by atoms with van der Waals surface area (Å²) in [7, 11) is 1.80. The molecule has 37 heavy (non-hydrogen) atoms. The fraction of sp³-hybridized carbons (Fsp3) is 0.931. The lowest BCUT2D eigenvalue weighted by molar-refractivity contribution is -0.151. The number of hydrogen-bond donors (Lipinski definition) is 1. The third-order valence-corrected chi connectivity index (χ3v) is 8.82. The Balaban J connectivity index is 2.13. The molecule has 2 aliphatic rings. The number of unbranched alkanes of at least 4 members (excludes halogenated alkanes) is 1. The van der Waals surface area contributed by atoms with Crippen LogP contribution >= 0.6 is 0 Å². The molecule has 8 heteroatoms. The van der Waals surface area contributed by atoms with E-state index in [1.54, 1.807) is 0 Å². The standard InChI is InChI=1S/C29H55BN2O5/c1-13-16-23(33)32(12)29(25(2,3)4,21-19-22(20-21)31-24(34)35-26(5,6)7)17-14-15-18-30-36-27(8,9)28(10,11)37-30/h21-22H,13-20H2,1-12H3,(H,31,34)/t21-,22+,29?. The SMILES string of the molecule is CCCC(=O)N(C)C(CCCCB1OC(C)(C)C(C)(C)O1)([C@H]1C[C@@H](NC(=O)OC(C)(C)C)C1)C(C)(C)C. The zero-order chi connectivity index (χ0) is 28.4. The number of carbonyl (C=O) groups excluding carboxylic acids is 2. The van der Waals surface area contributed by atoms with Crippen molar-refractivity contribution in [1.82, 2.24) is 10.2 Å². The molecule has 0 spiro atoms. The Hall–Kier alpha value is -1.28. The van der Waals surface area contributed by atoms with Gasteiger partial charge >= 0.3 is 13.2 Å². The van der Waals surface area contributed by atoms with Crippen molar-refractivity contribution in [3.05, 3.63) is 0 Å². The van der Waals surface area contributed by atoms with Crippen molar-refractivity contribution in [3.63, 3.8) is 0 Å². The second-order valence-electron chi connectivity index (χ2n) is 14.3. The quantitative estimate of drug-likeness (QED) is 0.259. The zero-order valence-corrected chi connectivity index (χ0v) is 25.9. The molecule has 214 valence electrons. The Kier molecular flexibility index (Phi) is 9.89. The molecule has 2 amide bonds. The minimum absolute atomic E-state index is 0.0704. The van der Waals surface area contributed by atoms with Gasteiger partial charge in [-0.1, -0.05) is 40.5 Å². The number of carbonyl (C=O) groups is 2. The number of alkyl carbamates (subject to hydrolysis) is 1. The van der Waals surface area contributed by atoms with Gasteiger partial charge in [0.2, 0.25) is 5.91 Å². The van der Waals surface area contributed by atoms with Gasteiger partial charge in [0, 0.05) is 19.5 Å². The highest BCUT2D eigenvalue weighted by atomic mass is 16.7. The molecular weight excluding hydrogens is 467 g/mol. The fourth-order valence-corrected chi connectivity index (χ4v) is 6.13. The van der Waals surface area contributed by atoms with Gasteiger partial charge in [-0.05, 0) is 91.8 Å². The first-order chi connectivity index (χ1) is 16.8. The summed E-state index contributed by atoms with van der Waals surface area (Å²) in [5.74, 6) is 0.502. The molecule has 0 aromatic heterocycles. The van der Waals surface area contributed by atoms with Gasteiger partial charge in [0.15, 0.2) is 0 Å². The fourth-order valence-electron chi connectivity index (χ4n) is 6.13. The minimum Gasteiger partial charge on any atom is -0.444 e. The van der Waals surface area contributed by atoms with Crippen LogP contribution in [0.15, 0.2) is 0 Å². The Bertz CT molecular complexity index is 779. The zero-order valence-electron chi connectivity index (χ0n) is 25.9. The number of amides is 2. The summed E-state index contributed by atoms with van der Waals surface area (Å²) < 4.78 is 17.9. The Labute approximate surface area is 227 Å². The summed E-state index contributed by atoms with van der Waals surface area (Å²) in [5.41, 5.74) is -1.59. The van der Waals surface area contributed by atoms with Crippen LogP contribution in [0.25, 0.3) is 0 Å². The molecule has 0 aromatic rings. The monoisotopic (exact) mass is 522 g/mol. The number of ether oxygens (including phenoxy) is 1. The third kappa shape index (κ3) is 7.43. The lowest BCUT2D eigenvalue weighted by atomic mass is 9.55. The first kappa shape index (κ1) is 31.9. The highest BCUT2D eigenvalue weighted by Crippen LogP contribution is 2.52. The number of hydrogen-bond acceptors (Lipinski definition) is 5. The molecule has 0 radical (unpaired) electrons. The van der Waals surface area contributed by atoms with Crippen molar-refractivity contribution in [3.8, 4) is 0 Å². The van der Waals surface area contributed by atoms with Crippen LogP contribution in [0.1, 0.15) is 121 Å². The van der Waals surface area contributed by atoms with Crippen molar-refractivity contribution in [2.45, 2.75) is 156 Å². The van der Waals surface area contributed by atoms with Crippen LogP contribution < -0.4 is 5.32 Å². The molecule has 2 fully saturated rings. The molecule has 0 bridgehead atoms. The lowest BCUT2D eigenvalue weighted by Crippen LogP contribution is -2.66. The van der Waals surface area contributed by atoms with Crippen molar-refractivity contribution >= 4 is 19.1 Å². The van der Waals surface area contributed by atoms with Crippen molar-refractivity contribution in [2.75, 3.05) is 7.05 Å². The van der Waals surface area contributed by atoms with Gasteiger partial charge in [0.1, 0.15) is 5.60 Å². The summed E-state index contributed by atoms with van der Waals surface area (Å²) in [6.45, 7) is 22.8. The van der Waals surface area contributed by atoms with Crippen molar-refractivity contribution in [2.24, 2.45) is 11.3 Å². The van der Waals surface area contributed by atoms with Gasteiger partial charge in [-0.2, -0.15) is 0 Å². The van der Waals surface area contributed by atoms with Gasteiger partial charge in [0.25, 0.3) is 0 Å². The second-order valence-corrected chi connectivity index (χ2v) is 14.3. The van der Waals surface area contributed by atoms with Crippen LogP contribution in [-0.2, 0) is 18.8 Å². The normalized spacial score (nSPS) is 24.7. The molecule has 2 rings (SSSR count). The van der Waals surface area contributed by atoms with Crippen LogP contribution in [-0.4, -0.2) is 59.5 Å². The molecule has 1 saturated heterocycles. The van der Waals surface area contributed by atoms with E-state index in [1.807, 2.05) is 27.8 Å². The first-order valence-electron chi connectivity index (χ1n) is 14.4. The van der Waals surface area contributed by atoms with Crippen molar-refractivity contribution < 1.29 is 23.6 Å². The molecule has 1 heterocycles. The summed E-state index contributed by atoms with van der Waals surface area (Å²) >= 11 is 0. The highest BCUT2D eigenvalue weighted by Gasteiger charge is 2.56. The van der Waals surface area contributed by atoms with Gasteiger partial charge in [0.05, 0.1) is 16.7 Å². The van der Waals surface area contributed by atoms with Gasteiger partial charge in [-0.3, -0.25) is 4.79 Å². The third-order valence-electron chi connectivity index (χ3n) is 8.82. The largest absolute Gasteiger partial charge is 0.457 e. The molecule has 7 nitrogen and oxygen atoms in total. The van der Waals surface area contributed by atoms with Crippen LogP contribution in [0.2, 0.25) is 6.32 Å². The maximum absolute atomic E-state index is 13.3. The summed E-state index contributed by atoms with van der Waals surface area (Å²) in [6, 6.07) is 0.0704. The molecule has 1 N–H and O–H groups in total. The summed E-state index contributed by atoms with van der Waals surface area (Å²) in [6.07, 6.45) is 6.40. The van der Waals surface area contributed by atoms with E-state index in [2.05, 4.69) is 65.6 Å². The number of nitrogens with zero attached hydrogens (tertiary/aromatic N) is 1. The molecule has 0 aromatic carbocycles. The number of nitrogens with one attached hydrogen (secondary N) is 1. The van der Waals surface area contributed by atoms with Crippen LogP contribution in [0.5, 0.6) is 0 Å². The van der Waals surface area contributed by atoms with E-state index < -0.39 is 5.60 Å². The predicted molar refractivity (Wildman–Crippen MR) is 150 cm³/mol. The van der Waals surface area contributed by atoms with Crippen molar-refractivity contribution in [1.29, 1.82) is 0 Å². The maximum Gasteiger partial charge on any atom is 0.457 e. The van der Waals surface area contributed by atoms with Gasteiger partial charge < -0.3 is 24.3 Å². The van der Waals surface area contributed by atoms with Crippen LogP contribution in [0.4, 0.5) is 4.79 Å². The lowest BCUT2D eigenvalue weighted by Gasteiger charge is -2.60. The molecule has 1 unspecified atom stereocenters. The Morgan fingerprint density at radius 1 is 1.00 bits per heavy atom. The molecule has 1 atom stereocenters. The average Bonchev–Trinajstić information content (AvgIpc) is 2.89. The van der Waals surface area contributed by atoms with E-state index >= 15 is 0 Å². The molecule has 1 saturated carbocycles. The van der Waals surface area contributed by atoms with Crippen LogP contribution in [0, 0.1) is 11.3 Å². The smallest absolute Gasteiger partial charge is 0.444 e.